The van der Waals surface area contributed by atoms with Gasteiger partial charge in [-0.05, 0) is 43.3 Å². The van der Waals surface area contributed by atoms with Crippen LogP contribution in [0.5, 0.6) is 0 Å². The first-order valence-corrected chi connectivity index (χ1v) is 11.0. The number of pyridine rings is 1. The van der Waals surface area contributed by atoms with Crippen molar-refractivity contribution in [3.63, 3.8) is 0 Å². The van der Waals surface area contributed by atoms with Crippen molar-refractivity contribution in [1.29, 1.82) is 0 Å². The standard InChI is InChI=1S/C20H16FN5O.2C2HF3O2/c1-13-10-23-16(11-22-13)12-24-20(27)18-17-4-2-3-9-26(17)19(25-18)14-5-7-15(21)8-6-14;2*3-2(4,5)1(6)7/h2-11H,12H2,1H3,(H,24,27);2*(H,6,7). The van der Waals surface area contributed by atoms with Gasteiger partial charge in [-0.25, -0.2) is 19.3 Å². The number of imidazole rings is 1. The van der Waals surface area contributed by atoms with E-state index < -0.39 is 24.3 Å². The molecule has 3 aromatic heterocycles. The molecule has 10 nitrogen and oxygen atoms in total. The molecule has 3 heterocycles. The fourth-order valence-corrected chi connectivity index (χ4v) is 2.89. The largest absolute Gasteiger partial charge is 0.542 e. The van der Waals surface area contributed by atoms with Crippen molar-refractivity contribution in [2.45, 2.75) is 25.8 Å². The quantitative estimate of drug-likeness (QED) is 0.262. The van der Waals surface area contributed by atoms with Crippen molar-refractivity contribution in [2.75, 3.05) is 0 Å². The van der Waals surface area contributed by atoms with Crippen LogP contribution in [0.3, 0.4) is 0 Å². The Hall–Kier alpha value is -5.09. The average Bonchev–Trinajstić information content (AvgIpc) is 3.28. The van der Waals surface area contributed by atoms with Crippen LogP contribution in [0, 0.1) is 12.7 Å². The minimum Gasteiger partial charge on any atom is -0.542 e. The molecule has 218 valence electrons. The zero-order valence-corrected chi connectivity index (χ0v) is 20.6. The Morgan fingerprint density at radius 3 is 2.02 bits per heavy atom. The molecule has 0 aliphatic heterocycles. The van der Waals surface area contributed by atoms with Gasteiger partial charge in [-0.2, -0.15) is 30.7 Å². The molecule has 1 amide bonds. The summed E-state index contributed by atoms with van der Waals surface area (Å²) >= 11 is 0. The van der Waals surface area contributed by atoms with Gasteiger partial charge in [0.2, 0.25) is 11.4 Å². The van der Waals surface area contributed by atoms with E-state index in [0.717, 1.165) is 22.5 Å². The number of fused-ring (bicyclic) bond motifs is 1. The van der Waals surface area contributed by atoms with Gasteiger partial charge in [0.15, 0.2) is 11.7 Å². The Kier molecular flexibility index (Phi) is 10.4. The van der Waals surface area contributed by atoms with E-state index in [2.05, 4.69) is 20.3 Å². The van der Waals surface area contributed by atoms with E-state index in [1.54, 1.807) is 24.5 Å². The van der Waals surface area contributed by atoms with E-state index in [1.165, 1.54) is 12.1 Å². The second-order valence-corrected chi connectivity index (χ2v) is 7.78. The molecule has 1 aromatic carbocycles. The van der Waals surface area contributed by atoms with Crippen LogP contribution in [0.2, 0.25) is 0 Å². The number of rotatable bonds is 4. The molecule has 4 aromatic rings. The van der Waals surface area contributed by atoms with Crippen LogP contribution >= 0.6 is 0 Å². The molecule has 0 aliphatic carbocycles. The molecule has 0 spiro atoms. The molecule has 0 unspecified atom stereocenters. The van der Waals surface area contributed by atoms with Crippen molar-refractivity contribution >= 4 is 23.4 Å². The number of aliphatic carboxylic acids is 2. The zero-order valence-electron chi connectivity index (χ0n) is 20.6. The highest BCUT2D eigenvalue weighted by atomic mass is 19.4. The number of halogens is 7. The third-order valence-electron chi connectivity index (χ3n) is 4.74. The number of hydrogen-bond donors (Lipinski definition) is 2. The summed E-state index contributed by atoms with van der Waals surface area (Å²) in [6.07, 6.45) is -5.05. The van der Waals surface area contributed by atoms with Crippen LogP contribution in [0.25, 0.3) is 16.9 Å². The number of carbonyl (C=O) groups excluding carboxylic acids is 3. The number of alkyl halides is 6. The van der Waals surface area contributed by atoms with Crippen LogP contribution in [-0.2, 0) is 16.1 Å². The van der Waals surface area contributed by atoms with Crippen molar-refractivity contribution in [3.8, 4) is 11.4 Å². The summed E-state index contributed by atoms with van der Waals surface area (Å²) in [7, 11) is 0. The van der Waals surface area contributed by atoms with Gasteiger partial charge < -0.3 is 25.1 Å². The second kappa shape index (κ2) is 13.3. The maximum atomic E-state index is 13.2. The van der Waals surface area contributed by atoms with Crippen LogP contribution in [0.1, 0.15) is 21.9 Å². The number of aromatic amines is 2. The third kappa shape index (κ3) is 9.55. The minimum atomic E-state index is -5.19. The highest BCUT2D eigenvalue weighted by Crippen LogP contribution is 2.18. The van der Waals surface area contributed by atoms with Crippen LogP contribution in [0.15, 0.2) is 61.1 Å². The number of nitrogens with zero attached hydrogens (tertiary/aromatic N) is 2. The molecule has 0 bridgehead atoms. The van der Waals surface area contributed by atoms with Crippen molar-refractivity contribution < 1.29 is 64.7 Å². The number of carbonyl (C=O) groups is 3. The molecule has 0 saturated carbocycles. The Labute approximate surface area is 225 Å². The predicted molar refractivity (Wildman–Crippen MR) is 118 cm³/mol. The molecule has 0 aliphatic rings. The van der Waals surface area contributed by atoms with Gasteiger partial charge in [0, 0.05) is 0 Å². The molecular weight excluding hydrogens is 571 g/mol. The lowest BCUT2D eigenvalue weighted by atomic mass is 10.2. The van der Waals surface area contributed by atoms with E-state index in [9.17, 15) is 35.5 Å². The van der Waals surface area contributed by atoms with Gasteiger partial charge in [-0.15, -0.1) is 0 Å². The zero-order chi connectivity index (χ0) is 31.0. The number of aryl methyl sites for hydroxylation is 1. The number of amides is 1. The number of benzene rings is 1. The van der Waals surface area contributed by atoms with E-state index >= 15 is 0 Å². The van der Waals surface area contributed by atoms with Gasteiger partial charge >= 0.3 is 12.4 Å². The van der Waals surface area contributed by atoms with Crippen LogP contribution in [0.4, 0.5) is 30.7 Å². The lowest BCUT2D eigenvalue weighted by Gasteiger charge is -2.03. The monoisotopic (exact) mass is 589 g/mol. The first-order chi connectivity index (χ1) is 19.0. The summed E-state index contributed by atoms with van der Waals surface area (Å²) in [5.74, 6) is -5.85. The SMILES string of the molecule is Cc1c[nH+]c(CNC(=O)c2[nH]c(-c3ccc(F)cc3)[n+]3ccccc23)cn1.O=C([O-])C(F)(F)F.O=C([O-])C(F)(F)F. The highest BCUT2D eigenvalue weighted by Gasteiger charge is 2.29. The smallest absolute Gasteiger partial charge is 0.430 e. The highest BCUT2D eigenvalue weighted by molar-refractivity contribution is 5.98. The molecular formula is C24H18F7N5O5. The lowest BCUT2D eigenvalue weighted by molar-refractivity contribution is -0.498. The Bertz CT molecular complexity index is 1480. The molecule has 0 fully saturated rings. The van der Waals surface area contributed by atoms with E-state index in [1.807, 2.05) is 35.7 Å². The summed E-state index contributed by atoms with van der Waals surface area (Å²) in [5, 5.41) is 20.5. The number of H-pyrrole nitrogens is 2. The van der Waals surface area contributed by atoms with E-state index in [0.29, 0.717) is 18.1 Å². The molecule has 4 rings (SSSR count). The van der Waals surface area contributed by atoms with Crippen molar-refractivity contribution in [2.24, 2.45) is 0 Å². The summed E-state index contributed by atoms with van der Waals surface area (Å²) in [6, 6.07) is 11.7. The number of aromatic nitrogens is 4. The van der Waals surface area contributed by atoms with Gasteiger partial charge in [0.25, 0.3) is 11.7 Å². The van der Waals surface area contributed by atoms with Gasteiger partial charge in [0.1, 0.15) is 30.0 Å². The molecule has 0 radical (unpaired) electrons. The topological polar surface area (TPSA) is 156 Å². The molecule has 41 heavy (non-hydrogen) atoms. The summed E-state index contributed by atoms with van der Waals surface area (Å²) in [6.45, 7) is 2.22. The van der Waals surface area contributed by atoms with Crippen molar-refractivity contribution in [1.82, 2.24) is 15.3 Å². The summed E-state index contributed by atoms with van der Waals surface area (Å²) in [4.78, 5) is 40.8. The number of nitrogens with one attached hydrogen (secondary N) is 3. The maximum Gasteiger partial charge on any atom is 0.430 e. The van der Waals surface area contributed by atoms with Gasteiger partial charge in [0.05, 0.1) is 18.0 Å². The van der Waals surface area contributed by atoms with Crippen LogP contribution in [-0.4, -0.2) is 40.2 Å². The fourth-order valence-electron chi connectivity index (χ4n) is 2.89. The number of hydrogen-bond acceptors (Lipinski definition) is 6. The van der Waals surface area contributed by atoms with Crippen molar-refractivity contribution in [3.05, 3.63) is 84.0 Å². The minimum absolute atomic E-state index is 0.235. The summed E-state index contributed by atoms with van der Waals surface area (Å²) in [5.41, 5.74) is 3.64. The molecule has 3 N–H and O–H groups in total. The number of carboxylic acid groups (broad SMARTS) is 2. The van der Waals surface area contributed by atoms with Crippen LogP contribution < -0.4 is 24.9 Å². The molecule has 0 atom stereocenters. The molecule has 17 heteroatoms. The maximum absolute atomic E-state index is 13.2. The molecule has 0 saturated heterocycles. The van der Waals surface area contributed by atoms with E-state index in [4.69, 9.17) is 19.8 Å². The van der Waals surface area contributed by atoms with Gasteiger partial charge in [-0.1, -0.05) is 6.07 Å². The third-order valence-corrected chi connectivity index (χ3v) is 4.74. The lowest BCUT2D eigenvalue weighted by Crippen LogP contribution is -2.37. The first-order valence-electron chi connectivity index (χ1n) is 11.0. The Balaban J connectivity index is 0.000000349. The average molecular weight is 589 g/mol. The predicted octanol–water partition coefficient (Wildman–Crippen LogP) is 0.604. The number of carboxylic acids is 2. The van der Waals surface area contributed by atoms with Gasteiger partial charge in [-0.3, -0.25) is 4.79 Å². The van der Waals surface area contributed by atoms with E-state index in [-0.39, 0.29) is 11.7 Å². The summed E-state index contributed by atoms with van der Waals surface area (Å²) < 4.78 is 78.2. The Morgan fingerprint density at radius 1 is 0.976 bits per heavy atom. The fraction of sp³-hybridized carbons (Fsp3) is 0.167. The second-order valence-electron chi connectivity index (χ2n) is 7.78. The normalized spacial score (nSPS) is 11.0. The first kappa shape index (κ1) is 32.1. The Morgan fingerprint density at radius 2 is 1.54 bits per heavy atom.